The van der Waals surface area contributed by atoms with Gasteiger partial charge in [0.25, 0.3) is 0 Å². The van der Waals surface area contributed by atoms with Crippen LogP contribution < -0.4 is 5.48 Å². The Balaban J connectivity index is 1.89. The molecule has 0 saturated heterocycles. The Hall–Kier alpha value is -2.08. The fraction of sp³-hybridized carbons (Fsp3) is 0. The molecular formula is C10H7NO4S. The number of amides is 1. The van der Waals surface area contributed by atoms with Crippen LogP contribution in [0.25, 0.3) is 0 Å². The van der Waals surface area contributed by atoms with E-state index in [4.69, 9.17) is 4.42 Å². The summed E-state index contributed by atoms with van der Waals surface area (Å²) in [6, 6.07) is 6.35. The predicted octanol–water partition coefficient (Wildman–Crippen LogP) is 1.84. The minimum Gasteiger partial charge on any atom is -0.459 e. The number of rotatable bonds is 2. The summed E-state index contributed by atoms with van der Waals surface area (Å²) >= 11 is 1.23. The second kappa shape index (κ2) is 4.63. The normalized spacial score (nSPS) is 9.75. The first-order chi connectivity index (χ1) is 7.77. The summed E-state index contributed by atoms with van der Waals surface area (Å²) in [6.07, 6.45) is 1.36. The van der Waals surface area contributed by atoms with E-state index < -0.39 is 11.9 Å². The van der Waals surface area contributed by atoms with E-state index in [1.807, 2.05) is 5.48 Å². The number of hydrogen-bond donors (Lipinski definition) is 1. The molecule has 2 heterocycles. The molecule has 2 rings (SSSR count). The Morgan fingerprint density at radius 2 is 2.19 bits per heavy atom. The highest BCUT2D eigenvalue weighted by molar-refractivity contribution is 7.11. The molecule has 0 aliphatic rings. The first-order valence-corrected chi connectivity index (χ1v) is 5.24. The molecule has 0 aliphatic heterocycles. The maximum absolute atomic E-state index is 11.3. The lowest BCUT2D eigenvalue weighted by molar-refractivity contribution is 0.0224. The average Bonchev–Trinajstić information content (AvgIpc) is 2.95. The molecule has 6 heteroatoms. The van der Waals surface area contributed by atoms with Gasteiger partial charge in [0.1, 0.15) is 4.88 Å². The zero-order valence-electron chi connectivity index (χ0n) is 8.01. The third-order valence-electron chi connectivity index (χ3n) is 1.70. The Bertz CT molecular complexity index is 429. The van der Waals surface area contributed by atoms with Gasteiger partial charge >= 0.3 is 11.9 Å². The van der Waals surface area contributed by atoms with Crippen LogP contribution in [0, 0.1) is 0 Å². The van der Waals surface area contributed by atoms with Gasteiger partial charge in [-0.3, -0.25) is 4.79 Å². The van der Waals surface area contributed by atoms with Gasteiger partial charge in [-0.2, -0.15) is 5.48 Å². The number of hydrogen-bond acceptors (Lipinski definition) is 5. The smallest absolute Gasteiger partial charge is 0.372 e. The minimum absolute atomic E-state index is 0.0824. The molecule has 16 heavy (non-hydrogen) atoms. The highest BCUT2D eigenvalue weighted by Crippen LogP contribution is 2.09. The van der Waals surface area contributed by atoms with Crippen LogP contribution >= 0.6 is 11.3 Å². The fourth-order valence-electron chi connectivity index (χ4n) is 0.996. The lowest BCUT2D eigenvalue weighted by Crippen LogP contribution is -2.26. The summed E-state index contributed by atoms with van der Waals surface area (Å²) in [6.45, 7) is 0. The van der Waals surface area contributed by atoms with E-state index in [2.05, 4.69) is 4.84 Å². The van der Waals surface area contributed by atoms with Crippen LogP contribution in [0.2, 0.25) is 0 Å². The molecule has 0 atom stereocenters. The summed E-state index contributed by atoms with van der Waals surface area (Å²) in [5.74, 6) is -1.12. The van der Waals surface area contributed by atoms with E-state index in [0.717, 1.165) is 0 Å². The summed E-state index contributed by atoms with van der Waals surface area (Å²) in [7, 11) is 0. The quantitative estimate of drug-likeness (QED) is 0.809. The number of carbonyl (C=O) groups excluding carboxylic acids is 2. The van der Waals surface area contributed by atoms with Crippen LogP contribution in [-0.4, -0.2) is 11.9 Å². The molecule has 5 nitrogen and oxygen atoms in total. The van der Waals surface area contributed by atoms with Crippen molar-refractivity contribution in [3.05, 3.63) is 46.5 Å². The molecule has 82 valence electrons. The van der Waals surface area contributed by atoms with E-state index in [1.54, 1.807) is 23.6 Å². The highest BCUT2D eigenvalue weighted by atomic mass is 32.1. The molecule has 1 amide bonds. The maximum Gasteiger partial charge on any atom is 0.372 e. The van der Waals surface area contributed by atoms with Crippen molar-refractivity contribution in [1.82, 2.24) is 5.48 Å². The van der Waals surface area contributed by atoms with Crippen LogP contribution in [0.3, 0.4) is 0 Å². The summed E-state index contributed by atoms with van der Waals surface area (Å²) in [5.41, 5.74) is 2.00. The molecular weight excluding hydrogens is 230 g/mol. The molecule has 0 bridgehead atoms. The molecule has 0 aromatic carbocycles. The highest BCUT2D eigenvalue weighted by Gasteiger charge is 2.13. The molecule has 1 N–H and O–H groups in total. The molecule has 0 unspecified atom stereocenters. The van der Waals surface area contributed by atoms with Gasteiger partial charge in [-0.05, 0) is 23.6 Å². The average molecular weight is 237 g/mol. The van der Waals surface area contributed by atoms with Crippen molar-refractivity contribution in [2.75, 3.05) is 0 Å². The lowest BCUT2D eigenvalue weighted by Gasteiger charge is -2.01. The van der Waals surface area contributed by atoms with Crippen molar-refractivity contribution < 1.29 is 18.8 Å². The van der Waals surface area contributed by atoms with Crippen molar-refractivity contribution in [3.63, 3.8) is 0 Å². The van der Waals surface area contributed by atoms with E-state index in [0.29, 0.717) is 4.88 Å². The van der Waals surface area contributed by atoms with Crippen LogP contribution in [0.1, 0.15) is 20.2 Å². The SMILES string of the molecule is O=C(NOC(=O)c1cccs1)c1ccco1. The van der Waals surface area contributed by atoms with Crippen molar-refractivity contribution >= 4 is 23.2 Å². The fourth-order valence-corrected chi connectivity index (χ4v) is 1.59. The number of hydroxylamine groups is 1. The zero-order chi connectivity index (χ0) is 11.4. The van der Waals surface area contributed by atoms with Crippen molar-refractivity contribution in [2.45, 2.75) is 0 Å². The topological polar surface area (TPSA) is 68.5 Å². The predicted molar refractivity (Wildman–Crippen MR) is 55.9 cm³/mol. The van der Waals surface area contributed by atoms with Crippen molar-refractivity contribution in [1.29, 1.82) is 0 Å². The van der Waals surface area contributed by atoms with E-state index in [9.17, 15) is 9.59 Å². The van der Waals surface area contributed by atoms with Gasteiger partial charge in [0.2, 0.25) is 0 Å². The van der Waals surface area contributed by atoms with Gasteiger partial charge in [0.15, 0.2) is 5.76 Å². The standard InChI is InChI=1S/C10H7NO4S/c12-9(7-3-1-5-14-7)11-15-10(13)8-4-2-6-16-8/h1-6H,(H,11,12). The van der Waals surface area contributed by atoms with Crippen LogP contribution in [0.15, 0.2) is 40.3 Å². The van der Waals surface area contributed by atoms with Crippen LogP contribution in [0.5, 0.6) is 0 Å². The van der Waals surface area contributed by atoms with Gasteiger partial charge in [-0.1, -0.05) is 6.07 Å². The molecule has 2 aromatic rings. The van der Waals surface area contributed by atoms with E-state index in [1.165, 1.54) is 23.7 Å². The lowest BCUT2D eigenvalue weighted by atomic mass is 10.4. The van der Waals surface area contributed by atoms with Gasteiger partial charge in [0.05, 0.1) is 6.26 Å². The first-order valence-electron chi connectivity index (χ1n) is 4.36. The number of nitrogens with one attached hydrogen (secondary N) is 1. The number of thiophene rings is 1. The van der Waals surface area contributed by atoms with E-state index >= 15 is 0 Å². The van der Waals surface area contributed by atoms with Gasteiger partial charge in [0, 0.05) is 0 Å². The largest absolute Gasteiger partial charge is 0.459 e. The monoisotopic (exact) mass is 237 g/mol. The summed E-state index contributed by atoms with van der Waals surface area (Å²) < 4.78 is 4.82. The number of carbonyl (C=O) groups is 2. The van der Waals surface area contributed by atoms with Crippen LogP contribution in [0.4, 0.5) is 0 Å². The third kappa shape index (κ3) is 2.29. The van der Waals surface area contributed by atoms with Crippen molar-refractivity contribution in [3.8, 4) is 0 Å². The molecule has 0 saturated carbocycles. The summed E-state index contributed by atoms with van der Waals surface area (Å²) in [5, 5.41) is 1.74. The van der Waals surface area contributed by atoms with Gasteiger partial charge < -0.3 is 9.25 Å². The Morgan fingerprint density at radius 3 is 2.81 bits per heavy atom. The molecule has 0 spiro atoms. The van der Waals surface area contributed by atoms with Gasteiger partial charge in [-0.15, -0.1) is 11.3 Å². The Morgan fingerprint density at radius 1 is 1.31 bits per heavy atom. The minimum atomic E-state index is -0.602. The van der Waals surface area contributed by atoms with E-state index in [-0.39, 0.29) is 5.76 Å². The molecule has 0 radical (unpaired) electrons. The zero-order valence-corrected chi connectivity index (χ0v) is 8.82. The second-order valence-electron chi connectivity index (χ2n) is 2.78. The van der Waals surface area contributed by atoms with Crippen molar-refractivity contribution in [2.24, 2.45) is 0 Å². The molecule has 2 aromatic heterocycles. The molecule has 0 aliphatic carbocycles. The van der Waals surface area contributed by atoms with Crippen LogP contribution in [-0.2, 0) is 4.84 Å². The number of furan rings is 1. The van der Waals surface area contributed by atoms with Gasteiger partial charge in [-0.25, -0.2) is 4.79 Å². The Labute approximate surface area is 94.6 Å². The summed E-state index contributed by atoms with van der Waals surface area (Å²) in [4.78, 5) is 27.6. The maximum atomic E-state index is 11.3. The Kier molecular flexibility index (Phi) is 3.02. The third-order valence-corrected chi connectivity index (χ3v) is 2.55. The molecule has 0 fully saturated rings. The second-order valence-corrected chi connectivity index (χ2v) is 3.72. The first kappa shape index (κ1) is 10.4.